The normalized spacial score (nSPS) is 10.7. The number of nitrogens with zero attached hydrogens (tertiary/aromatic N) is 2. The van der Waals surface area contributed by atoms with Crippen molar-refractivity contribution in [2.75, 3.05) is 19.0 Å². The molecule has 0 radical (unpaired) electrons. The number of alkyl halides is 2. The second-order valence-electron chi connectivity index (χ2n) is 2.70. The Balaban J connectivity index is 2.70. The van der Waals surface area contributed by atoms with Crippen molar-refractivity contribution in [3.8, 4) is 0 Å². The summed E-state index contributed by atoms with van der Waals surface area (Å²) in [6, 6.07) is 1.38. The molecule has 0 atom stereocenters. The fourth-order valence-electron chi connectivity index (χ4n) is 0.931. The van der Waals surface area contributed by atoms with E-state index in [-0.39, 0.29) is 17.6 Å². The summed E-state index contributed by atoms with van der Waals surface area (Å²) in [6.45, 7) is -0.288. The molecule has 0 amide bonds. The Labute approximate surface area is 90.6 Å². The van der Waals surface area contributed by atoms with Gasteiger partial charge in [0.25, 0.3) is 6.43 Å². The van der Waals surface area contributed by atoms with Crippen molar-refractivity contribution in [1.29, 1.82) is 0 Å². The van der Waals surface area contributed by atoms with Crippen molar-refractivity contribution in [3.63, 3.8) is 0 Å². The van der Waals surface area contributed by atoms with Crippen LogP contribution in [-0.4, -0.2) is 30.0 Å². The van der Waals surface area contributed by atoms with Crippen molar-refractivity contribution in [3.05, 3.63) is 17.0 Å². The lowest BCUT2D eigenvalue weighted by atomic mass is 10.5. The number of ether oxygens (including phenoxy) is 1. The molecule has 0 aliphatic rings. The molecule has 0 unspecified atom stereocenters. The van der Waals surface area contributed by atoms with Crippen LogP contribution in [0, 0.1) is 0 Å². The van der Waals surface area contributed by atoms with Crippen LogP contribution in [0.1, 0.15) is 5.82 Å². The second kappa shape index (κ2) is 5.77. The molecule has 0 aliphatic carbocycles. The van der Waals surface area contributed by atoms with E-state index >= 15 is 0 Å². The molecule has 4 nitrogen and oxygen atoms in total. The first-order valence-electron chi connectivity index (χ1n) is 4.16. The highest BCUT2D eigenvalue weighted by atomic mass is 35.5. The first-order valence-corrected chi connectivity index (χ1v) is 4.54. The maximum atomic E-state index is 11.9. The van der Waals surface area contributed by atoms with Crippen LogP contribution >= 0.6 is 11.6 Å². The number of hydrogen-bond acceptors (Lipinski definition) is 4. The molecular formula is C8H10ClF2N3O. The minimum absolute atomic E-state index is 0.184. The zero-order valence-electron chi connectivity index (χ0n) is 8.01. The minimum atomic E-state index is -2.44. The lowest BCUT2D eigenvalue weighted by Crippen LogP contribution is -2.12. The van der Waals surface area contributed by atoms with Crippen LogP contribution in [0.4, 0.5) is 14.6 Å². The smallest absolute Gasteiger partial charge is 0.255 e. The van der Waals surface area contributed by atoms with Gasteiger partial charge in [-0.1, -0.05) is 11.6 Å². The Kier molecular flexibility index (Phi) is 4.64. The van der Waals surface area contributed by atoms with Crippen LogP contribution in [0.3, 0.4) is 0 Å². The third-order valence-electron chi connectivity index (χ3n) is 1.45. The Morgan fingerprint density at radius 2 is 2.27 bits per heavy atom. The number of nitrogens with one attached hydrogen (secondary N) is 1. The first-order chi connectivity index (χ1) is 7.11. The third-order valence-corrected chi connectivity index (χ3v) is 1.65. The van der Waals surface area contributed by atoms with E-state index < -0.39 is 13.0 Å². The van der Waals surface area contributed by atoms with Crippen LogP contribution in [-0.2, 0) is 11.3 Å². The summed E-state index contributed by atoms with van der Waals surface area (Å²) >= 11 is 5.67. The summed E-state index contributed by atoms with van der Waals surface area (Å²) in [4.78, 5) is 7.78. The molecule has 1 aromatic heterocycles. The number of methoxy groups -OCH3 is 1. The van der Waals surface area contributed by atoms with E-state index in [9.17, 15) is 8.78 Å². The van der Waals surface area contributed by atoms with Crippen molar-refractivity contribution in [2.24, 2.45) is 0 Å². The summed E-state index contributed by atoms with van der Waals surface area (Å²) < 4.78 is 28.6. The van der Waals surface area contributed by atoms with Crippen LogP contribution in [0.5, 0.6) is 0 Å². The van der Waals surface area contributed by atoms with Crippen molar-refractivity contribution in [1.82, 2.24) is 9.97 Å². The number of halogens is 3. The number of rotatable bonds is 5. The fraction of sp³-hybridized carbons (Fsp3) is 0.500. The summed E-state index contributed by atoms with van der Waals surface area (Å²) in [6.07, 6.45) is -2.44. The highest BCUT2D eigenvalue weighted by molar-refractivity contribution is 6.29. The molecule has 0 saturated carbocycles. The van der Waals surface area contributed by atoms with Gasteiger partial charge in [-0.3, -0.25) is 0 Å². The van der Waals surface area contributed by atoms with E-state index in [4.69, 9.17) is 16.3 Å². The molecule has 1 heterocycles. The van der Waals surface area contributed by atoms with Crippen molar-refractivity contribution >= 4 is 17.4 Å². The molecule has 0 aliphatic heterocycles. The van der Waals surface area contributed by atoms with Crippen LogP contribution in [0.25, 0.3) is 0 Å². The zero-order chi connectivity index (χ0) is 11.3. The van der Waals surface area contributed by atoms with Gasteiger partial charge in [-0.05, 0) is 0 Å². The summed E-state index contributed by atoms with van der Waals surface area (Å²) in [5.41, 5.74) is 0. The molecule has 0 spiro atoms. The quantitative estimate of drug-likeness (QED) is 0.796. The third kappa shape index (κ3) is 4.35. The standard InChI is InChI=1S/C8H10ClF2N3O/c1-15-4-8-13-5(9)2-7(14-8)12-3-6(10)11/h2,6H,3-4H2,1H3,(H,12,13,14). The molecule has 1 aromatic rings. The molecule has 1 rings (SSSR count). The second-order valence-corrected chi connectivity index (χ2v) is 3.08. The molecular weight excluding hydrogens is 228 g/mol. The highest BCUT2D eigenvalue weighted by Crippen LogP contribution is 2.12. The first kappa shape index (κ1) is 12.1. The Morgan fingerprint density at radius 3 is 2.87 bits per heavy atom. The minimum Gasteiger partial charge on any atom is -0.377 e. The number of anilines is 1. The van der Waals surface area contributed by atoms with Gasteiger partial charge in [0, 0.05) is 13.2 Å². The Morgan fingerprint density at radius 1 is 1.53 bits per heavy atom. The predicted octanol–water partition coefficient (Wildman–Crippen LogP) is 1.95. The largest absolute Gasteiger partial charge is 0.377 e. The van der Waals surface area contributed by atoms with E-state index in [1.165, 1.54) is 13.2 Å². The van der Waals surface area contributed by atoms with Gasteiger partial charge in [-0.2, -0.15) is 0 Å². The summed E-state index contributed by atoms with van der Waals surface area (Å²) in [5, 5.41) is 2.63. The van der Waals surface area contributed by atoms with Crippen LogP contribution in [0.15, 0.2) is 6.07 Å². The van der Waals surface area contributed by atoms with Gasteiger partial charge in [-0.15, -0.1) is 0 Å². The average molecular weight is 238 g/mol. The van der Waals surface area contributed by atoms with Gasteiger partial charge >= 0.3 is 0 Å². The van der Waals surface area contributed by atoms with E-state index in [1.54, 1.807) is 0 Å². The Bertz CT molecular complexity index is 325. The summed E-state index contributed by atoms with van der Waals surface area (Å²) in [5.74, 6) is 0.615. The molecule has 15 heavy (non-hydrogen) atoms. The van der Waals surface area contributed by atoms with Crippen LogP contribution in [0.2, 0.25) is 5.15 Å². The zero-order valence-corrected chi connectivity index (χ0v) is 8.76. The van der Waals surface area contributed by atoms with E-state index in [0.29, 0.717) is 5.82 Å². The number of aromatic nitrogens is 2. The van der Waals surface area contributed by atoms with E-state index in [2.05, 4.69) is 15.3 Å². The molecule has 0 saturated heterocycles. The van der Waals surface area contributed by atoms with E-state index in [0.717, 1.165) is 0 Å². The van der Waals surface area contributed by atoms with Crippen molar-refractivity contribution in [2.45, 2.75) is 13.0 Å². The van der Waals surface area contributed by atoms with Gasteiger partial charge in [0.1, 0.15) is 17.6 Å². The predicted molar refractivity (Wildman–Crippen MR) is 52.2 cm³/mol. The maximum Gasteiger partial charge on any atom is 0.255 e. The lowest BCUT2D eigenvalue weighted by molar-refractivity contribution is 0.163. The molecule has 84 valence electrons. The SMILES string of the molecule is COCc1nc(Cl)cc(NCC(F)F)n1. The maximum absolute atomic E-state index is 11.9. The molecule has 1 N–H and O–H groups in total. The topological polar surface area (TPSA) is 47.0 Å². The van der Waals surface area contributed by atoms with Gasteiger partial charge in [0.15, 0.2) is 5.82 Å². The van der Waals surface area contributed by atoms with Crippen molar-refractivity contribution < 1.29 is 13.5 Å². The number of hydrogen-bond donors (Lipinski definition) is 1. The molecule has 7 heteroatoms. The summed E-state index contributed by atoms with van der Waals surface area (Å²) in [7, 11) is 1.48. The fourth-order valence-corrected chi connectivity index (χ4v) is 1.13. The lowest BCUT2D eigenvalue weighted by Gasteiger charge is -2.06. The van der Waals surface area contributed by atoms with Gasteiger partial charge in [-0.25, -0.2) is 18.7 Å². The van der Waals surface area contributed by atoms with Gasteiger partial charge in [0.05, 0.1) is 6.54 Å². The monoisotopic (exact) mass is 237 g/mol. The average Bonchev–Trinajstić information content (AvgIpc) is 2.14. The van der Waals surface area contributed by atoms with Gasteiger partial charge < -0.3 is 10.1 Å². The van der Waals surface area contributed by atoms with Crippen LogP contribution < -0.4 is 5.32 Å². The molecule has 0 bridgehead atoms. The van der Waals surface area contributed by atoms with E-state index in [1.807, 2.05) is 0 Å². The molecule has 0 aromatic carbocycles. The molecule has 0 fully saturated rings. The van der Waals surface area contributed by atoms with Gasteiger partial charge in [0.2, 0.25) is 0 Å². The Hall–Kier alpha value is -1.01. The highest BCUT2D eigenvalue weighted by Gasteiger charge is 2.05.